The summed E-state index contributed by atoms with van der Waals surface area (Å²) in [5, 5.41) is 11.8. The van der Waals surface area contributed by atoms with Crippen molar-refractivity contribution >= 4 is 34.7 Å². The molecule has 0 atom stereocenters. The van der Waals surface area contributed by atoms with Gasteiger partial charge in [0.1, 0.15) is 5.75 Å². The molecule has 1 amide bonds. The van der Waals surface area contributed by atoms with Crippen LogP contribution in [0.1, 0.15) is 17.4 Å². The van der Waals surface area contributed by atoms with Crippen LogP contribution in [-0.2, 0) is 0 Å². The Morgan fingerprint density at radius 2 is 1.89 bits per heavy atom. The fraction of sp³-hybridized carbons (Fsp3) is 0.150. The van der Waals surface area contributed by atoms with Gasteiger partial charge in [0.15, 0.2) is 11.5 Å². The number of carbonyl (C=O) groups is 1. The summed E-state index contributed by atoms with van der Waals surface area (Å²) < 4.78 is 5.30. The largest absolute Gasteiger partial charge is 0.495 e. The van der Waals surface area contributed by atoms with Crippen LogP contribution in [0.5, 0.6) is 5.75 Å². The Labute approximate surface area is 162 Å². The average Bonchev–Trinajstić information content (AvgIpc) is 2.70. The summed E-state index contributed by atoms with van der Waals surface area (Å²) in [6, 6.07) is 18.0. The van der Waals surface area contributed by atoms with E-state index >= 15 is 0 Å². The number of halogens is 1. The molecule has 3 rings (SSSR count). The zero-order chi connectivity index (χ0) is 19.2. The number of benzene rings is 2. The Morgan fingerprint density at radius 3 is 2.52 bits per heavy atom. The van der Waals surface area contributed by atoms with Crippen molar-refractivity contribution in [3.63, 3.8) is 0 Å². The molecule has 0 bridgehead atoms. The number of amides is 1. The minimum Gasteiger partial charge on any atom is -0.495 e. The van der Waals surface area contributed by atoms with Crippen LogP contribution in [0.15, 0.2) is 60.7 Å². The van der Waals surface area contributed by atoms with E-state index in [4.69, 9.17) is 16.3 Å². The lowest BCUT2D eigenvalue weighted by Gasteiger charge is -2.20. The van der Waals surface area contributed by atoms with Gasteiger partial charge in [-0.2, -0.15) is 0 Å². The number of methoxy groups -OCH3 is 1. The lowest BCUT2D eigenvalue weighted by atomic mass is 10.2. The SMILES string of the molecule is CCN(C(=O)c1ccc(Nc2cc(Cl)ccc2OC)nn1)c1ccccc1. The first-order valence-electron chi connectivity index (χ1n) is 8.43. The van der Waals surface area contributed by atoms with Gasteiger partial charge >= 0.3 is 0 Å². The maximum atomic E-state index is 12.8. The number of nitrogens with zero attached hydrogens (tertiary/aromatic N) is 3. The summed E-state index contributed by atoms with van der Waals surface area (Å²) in [6.45, 7) is 2.45. The van der Waals surface area contributed by atoms with Crippen LogP contribution >= 0.6 is 11.6 Å². The van der Waals surface area contributed by atoms with Crippen LogP contribution in [0.3, 0.4) is 0 Å². The van der Waals surface area contributed by atoms with Crippen molar-refractivity contribution in [1.82, 2.24) is 10.2 Å². The minimum absolute atomic E-state index is 0.205. The molecule has 0 unspecified atom stereocenters. The van der Waals surface area contributed by atoms with Gasteiger partial charge < -0.3 is 15.0 Å². The molecule has 3 aromatic rings. The smallest absolute Gasteiger partial charge is 0.278 e. The number of carbonyl (C=O) groups excluding carboxylic acids is 1. The number of nitrogens with one attached hydrogen (secondary N) is 1. The van der Waals surface area contributed by atoms with E-state index in [1.165, 1.54) is 0 Å². The third-order valence-corrected chi connectivity index (χ3v) is 4.17. The molecule has 1 aromatic heterocycles. The molecule has 6 nitrogen and oxygen atoms in total. The monoisotopic (exact) mass is 382 g/mol. The summed E-state index contributed by atoms with van der Waals surface area (Å²) in [5.41, 5.74) is 1.75. The van der Waals surface area contributed by atoms with Gasteiger partial charge in [-0.3, -0.25) is 4.79 Å². The highest BCUT2D eigenvalue weighted by Gasteiger charge is 2.18. The van der Waals surface area contributed by atoms with Crippen molar-refractivity contribution in [3.8, 4) is 5.75 Å². The molecular formula is C20H19ClN4O2. The van der Waals surface area contributed by atoms with E-state index in [-0.39, 0.29) is 11.6 Å². The van der Waals surface area contributed by atoms with Crippen LogP contribution in [-0.4, -0.2) is 29.8 Å². The number of anilines is 3. The summed E-state index contributed by atoms with van der Waals surface area (Å²) in [5.74, 6) is 0.903. The summed E-state index contributed by atoms with van der Waals surface area (Å²) in [7, 11) is 1.57. The summed E-state index contributed by atoms with van der Waals surface area (Å²) in [6.07, 6.45) is 0. The maximum Gasteiger partial charge on any atom is 0.278 e. The topological polar surface area (TPSA) is 67.4 Å². The fourth-order valence-corrected chi connectivity index (χ4v) is 2.79. The molecule has 27 heavy (non-hydrogen) atoms. The maximum absolute atomic E-state index is 12.8. The van der Waals surface area contributed by atoms with Crippen molar-refractivity contribution in [2.24, 2.45) is 0 Å². The first kappa shape index (κ1) is 18.7. The highest BCUT2D eigenvalue weighted by molar-refractivity contribution is 6.31. The second kappa shape index (κ2) is 8.51. The molecule has 0 saturated carbocycles. The van der Waals surface area contributed by atoms with Crippen molar-refractivity contribution in [1.29, 1.82) is 0 Å². The molecule has 0 saturated heterocycles. The molecule has 0 aliphatic rings. The molecule has 1 heterocycles. The lowest BCUT2D eigenvalue weighted by Crippen LogP contribution is -2.31. The van der Waals surface area contributed by atoms with E-state index in [1.807, 2.05) is 37.3 Å². The third kappa shape index (κ3) is 4.35. The predicted octanol–water partition coefficient (Wildman–Crippen LogP) is 4.55. The van der Waals surface area contributed by atoms with Gasteiger partial charge in [-0.05, 0) is 49.4 Å². The molecule has 0 fully saturated rings. The average molecular weight is 383 g/mol. The molecule has 0 spiro atoms. The van der Waals surface area contributed by atoms with Gasteiger partial charge in [-0.15, -0.1) is 10.2 Å². The van der Waals surface area contributed by atoms with Crippen molar-refractivity contribution in [2.45, 2.75) is 6.92 Å². The fourth-order valence-electron chi connectivity index (χ4n) is 2.62. The quantitative estimate of drug-likeness (QED) is 0.677. The zero-order valence-corrected chi connectivity index (χ0v) is 15.8. The van der Waals surface area contributed by atoms with Crippen molar-refractivity contribution in [2.75, 3.05) is 23.9 Å². The van der Waals surface area contributed by atoms with E-state index < -0.39 is 0 Å². The lowest BCUT2D eigenvalue weighted by molar-refractivity contribution is 0.0982. The number of ether oxygens (including phenoxy) is 1. The summed E-state index contributed by atoms with van der Waals surface area (Å²) >= 11 is 6.03. The van der Waals surface area contributed by atoms with E-state index in [2.05, 4.69) is 15.5 Å². The van der Waals surface area contributed by atoms with Gasteiger partial charge in [-0.1, -0.05) is 29.8 Å². The van der Waals surface area contributed by atoms with Gasteiger partial charge in [0.05, 0.1) is 12.8 Å². The second-order valence-corrected chi connectivity index (χ2v) is 6.09. The molecule has 0 aliphatic carbocycles. The Balaban J connectivity index is 1.79. The number of aromatic nitrogens is 2. The highest BCUT2D eigenvalue weighted by Crippen LogP contribution is 2.29. The van der Waals surface area contributed by atoms with Gasteiger partial charge in [0.2, 0.25) is 0 Å². The first-order chi connectivity index (χ1) is 13.1. The molecule has 0 radical (unpaired) electrons. The molecular weight excluding hydrogens is 364 g/mol. The molecule has 0 aliphatic heterocycles. The Kier molecular flexibility index (Phi) is 5.88. The summed E-state index contributed by atoms with van der Waals surface area (Å²) in [4.78, 5) is 14.4. The molecule has 1 N–H and O–H groups in total. The predicted molar refractivity (Wildman–Crippen MR) is 107 cm³/mol. The Morgan fingerprint density at radius 1 is 1.11 bits per heavy atom. The van der Waals surface area contributed by atoms with E-state index in [0.717, 1.165) is 5.69 Å². The minimum atomic E-state index is -0.205. The van der Waals surface area contributed by atoms with Crippen LogP contribution in [0.25, 0.3) is 0 Å². The Bertz CT molecular complexity index is 917. The van der Waals surface area contributed by atoms with Crippen LogP contribution in [0.2, 0.25) is 5.02 Å². The number of hydrogen-bond acceptors (Lipinski definition) is 5. The van der Waals surface area contributed by atoms with Gasteiger partial charge in [-0.25, -0.2) is 0 Å². The Hall–Kier alpha value is -3.12. The zero-order valence-electron chi connectivity index (χ0n) is 15.0. The van der Waals surface area contributed by atoms with Crippen LogP contribution in [0, 0.1) is 0 Å². The number of rotatable bonds is 6. The second-order valence-electron chi connectivity index (χ2n) is 5.66. The highest BCUT2D eigenvalue weighted by atomic mass is 35.5. The van der Waals surface area contributed by atoms with E-state index in [0.29, 0.717) is 28.8 Å². The van der Waals surface area contributed by atoms with Crippen molar-refractivity contribution < 1.29 is 9.53 Å². The van der Waals surface area contributed by atoms with Gasteiger partial charge in [0, 0.05) is 17.3 Å². The molecule has 2 aromatic carbocycles. The number of hydrogen-bond donors (Lipinski definition) is 1. The third-order valence-electron chi connectivity index (χ3n) is 3.94. The van der Waals surface area contributed by atoms with Crippen molar-refractivity contribution in [3.05, 3.63) is 71.4 Å². The van der Waals surface area contributed by atoms with Crippen LogP contribution < -0.4 is 15.0 Å². The number of para-hydroxylation sites is 1. The van der Waals surface area contributed by atoms with Gasteiger partial charge in [0.25, 0.3) is 5.91 Å². The molecule has 138 valence electrons. The molecule has 7 heteroatoms. The first-order valence-corrected chi connectivity index (χ1v) is 8.81. The normalized spacial score (nSPS) is 10.3. The van der Waals surface area contributed by atoms with E-state index in [9.17, 15) is 4.79 Å². The van der Waals surface area contributed by atoms with Crippen LogP contribution in [0.4, 0.5) is 17.2 Å². The van der Waals surface area contributed by atoms with E-state index in [1.54, 1.807) is 42.3 Å². The standard InChI is InChI=1S/C20H19ClN4O2/c1-3-25(15-7-5-4-6-8-15)20(26)16-10-12-19(24-23-16)22-17-13-14(21)9-11-18(17)27-2/h4-13H,3H2,1-2H3,(H,22,24).